The maximum Gasteiger partial charge on any atom is 0.435 e. The number of rotatable bonds is 6. The van der Waals surface area contributed by atoms with E-state index in [9.17, 15) is 53.8 Å². The highest BCUT2D eigenvalue weighted by Crippen LogP contribution is 2.57. The van der Waals surface area contributed by atoms with Gasteiger partial charge < -0.3 is 14.9 Å². The zero-order valence-electron chi connectivity index (χ0n) is 26.0. The minimum absolute atomic E-state index is 0.0590. The molecule has 2 aliphatic heterocycles. The number of benzene rings is 2. The Morgan fingerprint density at radius 3 is 2.15 bits per heavy atom. The number of hydrogen-bond donors (Lipinski definition) is 1. The number of carboxylic acid groups (broad SMARTS) is 1. The van der Waals surface area contributed by atoms with E-state index in [2.05, 4.69) is 0 Å². The molecule has 1 unspecified atom stereocenters. The molecule has 2 fully saturated rings. The Morgan fingerprint density at radius 2 is 1.58 bits per heavy atom. The van der Waals surface area contributed by atoms with Gasteiger partial charge in [-0.15, -0.1) is 0 Å². The molecule has 1 aliphatic carbocycles. The lowest BCUT2D eigenvalue weighted by atomic mass is 9.69. The summed E-state index contributed by atoms with van der Waals surface area (Å²) in [7, 11) is -4.64. The van der Waals surface area contributed by atoms with Gasteiger partial charge in [-0.2, -0.15) is 26.3 Å². The summed E-state index contributed by atoms with van der Waals surface area (Å²) in [6.45, 7) is 3.59. The first-order valence-corrected chi connectivity index (χ1v) is 16.9. The highest BCUT2D eigenvalue weighted by atomic mass is 32.2. The van der Waals surface area contributed by atoms with Gasteiger partial charge >= 0.3 is 30.0 Å². The fourth-order valence-electron chi connectivity index (χ4n) is 8.13. The molecule has 7 nitrogen and oxygen atoms in total. The molecule has 2 saturated heterocycles. The first-order valence-electron chi connectivity index (χ1n) is 15.4. The molecule has 0 saturated carbocycles. The number of hydrogen-bond acceptors (Lipinski definition) is 4. The molecular weight excluding hydrogens is 676 g/mol. The average Bonchev–Trinajstić information content (AvgIpc) is 3.40. The van der Waals surface area contributed by atoms with Crippen LogP contribution in [-0.4, -0.2) is 73.4 Å². The highest BCUT2D eigenvalue weighted by Gasteiger charge is 2.74. The predicted octanol–water partition coefficient (Wildman–Crippen LogP) is 7.14. The maximum atomic E-state index is 15.1. The van der Waals surface area contributed by atoms with Gasteiger partial charge in [-0.3, -0.25) is 4.79 Å². The summed E-state index contributed by atoms with van der Waals surface area (Å²) in [6, 6.07) is 3.42. The second-order valence-corrected chi connectivity index (χ2v) is 15.4. The van der Waals surface area contributed by atoms with Crippen LogP contribution in [-0.2, 0) is 31.5 Å². The first-order chi connectivity index (χ1) is 22.2. The van der Waals surface area contributed by atoms with Gasteiger partial charge in [0.15, 0.2) is 9.84 Å². The normalized spacial score (nSPS) is 26.6. The first kappa shape index (κ1) is 35.9. The Bertz CT molecular complexity index is 1680. The second-order valence-electron chi connectivity index (χ2n) is 13.2. The van der Waals surface area contributed by atoms with Crippen LogP contribution in [0.5, 0.6) is 0 Å². The fraction of sp³-hybridized carbons (Fsp3) is 0.562. The lowest BCUT2D eigenvalue weighted by Gasteiger charge is -2.47. The molecule has 48 heavy (non-hydrogen) atoms. The number of alkyl halides is 7. The van der Waals surface area contributed by atoms with Crippen molar-refractivity contribution in [2.24, 2.45) is 11.3 Å². The summed E-state index contributed by atoms with van der Waals surface area (Å²) in [5.41, 5.74) is -8.71. The van der Waals surface area contributed by atoms with E-state index in [1.54, 1.807) is 6.92 Å². The van der Waals surface area contributed by atoms with Crippen LogP contribution in [0, 0.1) is 17.2 Å². The van der Waals surface area contributed by atoms with Crippen molar-refractivity contribution < 1.29 is 58.2 Å². The minimum Gasteiger partial charge on any atom is -0.481 e. The van der Waals surface area contributed by atoms with Gasteiger partial charge in [-0.25, -0.2) is 22.0 Å². The Balaban J connectivity index is 1.62. The fourth-order valence-corrected chi connectivity index (χ4v) is 10.5. The van der Waals surface area contributed by atoms with E-state index in [1.165, 1.54) is 9.80 Å². The van der Waals surface area contributed by atoms with Crippen LogP contribution in [0.3, 0.4) is 0 Å². The van der Waals surface area contributed by atoms with Crippen molar-refractivity contribution in [3.05, 3.63) is 65.0 Å². The number of carbonyl (C=O) groups is 2. The summed E-state index contributed by atoms with van der Waals surface area (Å²) >= 11 is 0. The number of nitrogens with zero attached hydrogens (tertiary/aromatic N) is 2. The van der Waals surface area contributed by atoms with Crippen molar-refractivity contribution in [3.8, 4) is 0 Å². The maximum absolute atomic E-state index is 15.1. The number of sulfone groups is 1. The molecule has 2 aromatic rings. The van der Waals surface area contributed by atoms with Crippen LogP contribution in [0.25, 0.3) is 0 Å². The lowest BCUT2D eigenvalue weighted by Crippen LogP contribution is -2.58. The molecule has 1 N–H and O–H groups in total. The number of aryl methyl sites for hydroxylation is 1. The molecule has 264 valence electrons. The standard InChI is InChI=1S/C32H34F8N2O5S/c1-3-13-28(2)18-41(15-12-24(28)26(43)44)27(45)42-16-14-29(48(46,47)22-8-6-21(33)7-9-22)23-10-5-20(17-19(23)4-11-25(29)42)30(34,31(35,36)37)32(38,39)40/h5-10,17,24-25H,3-4,11-16,18H2,1-2H3,(H,43,44)/t24?,25-,28-,29-/m1/s1. The molecule has 0 bridgehead atoms. The van der Waals surface area contributed by atoms with Crippen molar-refractivity contribution in [1.29, 1.82) is 0 Å². The third-order valence-electron chi connectivity index (χ3n) is 10.4. The van der Waals surface area contributed by atoms with Crippen molar-refractivity contribution in [3.63, 3.8) is 0 Å². The summed E-state index contributed by atoms with van der Waals surface area (Å²) < 4.78 is 138. The molecule has 0 spiro atoms. The second kappa shape index (κ2) is 11.9. The Morgan fingerprint density at radius 1 is 0.958 bits per heavy atom. The van der Waals surface area contributed by atoms with Crippen LogP contribution in [0.1, 0.15) is 62.6 Å². The number of halogens is 8. The van der Waals surface area contributed by atoms with E-state index < -0.39 is 73.4 Å². The van der Waals surface area contributed by atoms with Gasteiger partial charge in [0.25, 0.3) is 0 Å². The largest absolute Gasteiger partial charge is 0.481 e. The molecule has 16 heteroatoms. The number of amides is 2. The zero-order chi connectivity index (χ0) is 35.7. The number of aliphatic carboxylic acids is 1. The Labute approximate surface area is 271 Å². The number of urea groups is 1. The molecule has 0 radical (unpaired) electrons. The van der Waals surface area contributed by atoms with Crippen molar-refractivity contribution in [2.45, 2.75) is 86.1 Å². The van der Waals surface area contributed by atoms with Crippen molar-refractivity contribution >= 4 is 21.8 Å². The molecular formula is C32H34F8N2O5S. The van der Waals surface area contributed by atoms with Crippen LogP contribution in [0.15, 0.2) is 47.4 Å². The minimum atomic E-state index is -6.38. The molecule has 2 heterocycles. The number of likely N-dealkylation sites (tertiary alicyclic amines) is 2. The van der Waals surface area contributed by atoms with Gasteiger partial charge in [0.05, 0.1) is 16.9 Å². The molecule has 5 rings (SSSR count). The van der Waals surface area contributed by atoms with Gasteiger partial charge in [0, 0.05) is 25.2 Å². The van der Waals surface area contributed by atoms with Crippen LogP contribution >= 0.6 is 0 Å². The third-order valence-corrected chi connectivity index (χ3v) is 12.9. The van der Waals surface area contributed by atoms with Gasteiger partial charge in [0.2, 0.25) is 0 Å². The summed E-state index contributed by atoms with van der Waals surface area (Å²) in [6.07, 6.45) is -12.3. The molecule has 0 aromatic heterocycles. The van der Waals surface area contributed by atoms with Crippen molar-refractivity contribution in [1.82, 2.24) is 9.80 Å². The van der Waals surface area contributed by atoms with E-state index >= 15 is 4.39 Å². The smallest absolute Gasteiger partial charge is 0.435 e. The van der Waals surface area contributed by atoms with Crippen molar-refractivity contribution in [2.75, 3.05) is 19.6 Å². The Kier molecular flexibility index (Phi) is 8.87. The van der Waals surface area contributed by atoms with E-state index in [4.69, 9.17) is 0 Å². The summed E-state index contributed by atoms with van der Waals surface area (Å²) in [4.78, 5) is 28.6. The molecule has 3 aliphatic rings. The number of carboxylic acids is 1. The van der Waals surface area contributed by atoms with Gasteiger partial charge in [0.1, 0.15) is 10.6 Å². The van der Waals surface area contributed by atoms with E-state index in [0.29, 0.717) is 18.9 Å². The average molecular weight is 711 g/mol. The lowest BCUT2D eigenvalue weighted by molar-refractivity contribution is -0.348. The van der Waals surface area contributed by atoms with Gasteiger partial charge in [-0.05, 0) is 72.9 Å². The monoisotopic (exact) mass is 710 g/mol. The topological polar surface area (TPSA) is 95.0 Å². The SMILES string of the molecule is CCC[C@]1(C)CN(C(=O)N2CC[C@@]3(S(=O)(=O)c4ccc(F)cc4)c4ccc(C(F)(C(F)(F)F)C(F)(F)F)cc4CC[C@@H]23)CCC1C(=O)O. The number of carbonyl (C=O) groups excluding carboxylic acids is 1. The quantitative estimate of drug-likeness (QED) is 0.254. The van der Waals surface area contributed by atoms with Crippen LogP contribution < -0.4 is 0 Å². The van der Waals surface area contributed by atoms with E-state index in [-0.39, 0.29) is 67.4 Å². The third kappa shape index (κ3) is 5.32. The predicted molar refractivity (Wildman–Crippen MR) is 156 cm³/mol. The number of fused-ring (bicyclic) bond motifs is 3. The molecule has 2 amide bonds. The highest BCUT2D eigenvalue weighted by molar-refractivity contribution is 7.92. The van der Waals surface area contributed by atoms with Gasteiger partial charge in [-0.1, -0.05) is 38.5 Å². The van der Waals surface area contributed by atoms with Crippen LogP contribution in [0.2, 0.25) is 0 Å². The Hall–Kier alpha value is -3.43. The summed E-state index contributed by atoms with van der Waals surface area (Å²) in [5, 5.41) is 9.84. The summed E-state index contributed by atoms with van der Waals surface area (Å²) in [5.74, 6) is -2.50. The van der Waals surface area contributed by atoms with Crippen LogP contribution in [0.4, 0.5) is 39.9 Å². The van der Waals surface area contributed by atoms with E-state index in [1.807, 2.05) is 6.92 Å². The zero-order valence-corrected chi connectivity index (χ0v) is 26.8. The molecule has 2 aromatic carbocycles. The number of piperidine rings is 1. The van der Waals surface area contributed by atoms with E-state index in [0.717, 1.165) is 30.3 Å². The molecule has 4 atom stereocenters.